The number of hydrogen-bond acceptors (Lipinski definition) is 3. The fraction of sp³-hybridized carbons (Fsp3) is 0.300. The molecule has 2 aromatic rings. The van der Waals surface area contributed by atoms with Crippen LogP contribution in [0.15, 0.2) is 29.9 Å². The topological polar surface area (TPSA) is 29.9 Å². The predicted octanol–water partition coefficient (Wildman–Crippen LogP) is 1.71. The molecule has 2 aromatic heterocycles. The Balaban J connectivity index is 2.12. The van der Waals surface area contributed by atoms with Crippen molar-refractivity contribution in [1.82, 2.24) is 14.9 Å². The lowest BCUT2D eigenvalue weighted by molar-refractivity contribution is 0.677. The summed E-state index contributed by atoms with van der Waals surface area (Å²) in [6.45, 7) is 1.74. The summed E-state index contributed by atoms with van der Waals surface area (Å²) in [6, 6.07) is 4.22. The van der Waals surface area contributed by atoms with Crippen LogP contribution >= 0.6 is 11.3 Å². The maximum absolute atomic E-state index is 4.29. The van der Waals surface area contributed by atoms with Gasteiger partial charge in [-0.2, -0.15) is 0 Å². The molecule has 0 atom stereocenters. The minimum atomic E-state index is 0.818. The number of imidazole rings is 1. The van der Waals surface area contributed by atoms with E-state index < -0.39 is 0 Å². The summed E-state index contributed by atoms with van der Waals surface area (Å²) in [5, 5.41) is 5.21. The van der Waals surface area contributed by atoms with Crippen molar-refractivity contribution in [2.75, 3.05) is 7.05 Å². The third-order valence-corrected chi connectivity index (χ3v) is 2.90. The summed E-state index contributed by atoms with van der Waals surface area (Å²) in [5.74, 6) is 1.08. The quantitative estimate of drug-likeness (QED) is 0.827. The summed E-state index contributed by atoms with van der Waals surface area (Å²) in [7, 11) is 1.93. The molecule has 0 spiro atoms. The van der Waals surface area contributed by atoms with Crippen molar-refractivity contribution >= 4 is 11.3 Å². The number of nitrogens with one attached hydrogen (secondary N) is 1. The fourth-order valence-electron chi connectivity index (χ4n) is 1.38. The van der Waals surface area contributed by atoms with Crippen LogP contribution in [0.5, 0.6) is 0 Å². The number of nitrogens with zero attached hydrogens (tertiary/aromatic N) is 2. The molecule has 0 radical (unpaired) electrons. The molecule has 1 N–H and O–H groups in total. The van der Waals surface area contributed by atoms with Gasteiger partial charge < -0.3 is 9.88 Å². The summed E-state index contributed by atoms with van der Waals surface area (Å²) in [6.07, 6.45) is 3.87. The monoisotopic (exact) mass is 207 g/mol. The summed E-state index contributed by atoms with van der Waals surface area (Å²) in [5.41, 5.74) is 0. The van der Waals surface area contributed by atoms with E-state index in [0.29, 0.717) is 0 Å². The van der Waals surface area contributed by atoms with Crippen LogP contribution in [0, 0.1) is 0 Å². The van der Waals surface area contributed by atoms with E-state index in [9.17, 15) is 0 Å². The van der Waals surface area contributed by atoms with Crippen molar-refractivity contribution in [3.63, 3.8) is 0 Å². The molecule has 0 aliphatic carbocycles. The predicted molar refractivity (Wildman–Crippen MR) is 58.4 cm³/mol. The molecule has 2 rings (SSSR count). The zero-order valence-electron chi connectivity index (χ0n) is 8.10. The second-order valence-corrected chi connectivity index (χ2v) is 4.11. The van der Waals surface area contributed by atoms with Crippen LogP contribution in [0.3, 0.4) is 0 Å². The molecule has 14 heavy (non-hydrogen) atoms. The second kappa shape index (κ2) is 4.39. The Morgan fingerprint density at radius 2 is 2.50 bits per heavy atom. The molecule has 4 heteroatoms. The molecule has 0 unspecified atom stereocenters. The molecule has 0 bridgehead atoms. The van der Waals surface area contributed by atoms with E-state index >= 15 is 0 Å². The molecule has 0 amide bonds. The maximum atomic E-state index is 4.29. The van der Waals surface area contributed by atoms with Gasteiger partial charge in [0.15, 0.2) is 0 Å². The Kier molecular flexibility index (Phi) is 2.96. The number of aromatic nitrogens is 2. The summed E-state index contributed by atoms with van der Waals surface area (Å²) >= 11 is 1.78. The van der Waals surface area contributed by atoms with Crippen molar-refractivity contribution in [2.24, 2.45) is 0 Å². The number of hydrogen-bond donors (Lipinski definition) is 1. The SMILES string of the molecule is CNCc1nccn1Cc1cccs1. The lowest BCUT2D eigenvalue weighted by Gasteiger charge is -2.05. The van der Waals surface area contributed by atoms with Gasteiger partial charge in [-0.15, -0.1) is 11.3 Å². The van der Waals surface area contributed by atoms with Crippen molar-refractivity contribution in [2.45, 2.75) is 13.1 Å². The van der Waals surface area contributed by atoms with Gasteiger partial charge in [0.25, 0.3) is 0 Å². The smallest absolute Gasteiger partial charge is 0.122 e. The van der Waals surface area contributed by atoms with Gasteiger partial charge in [0.1, 0.15) is 5.82 Å². The van der Waals surface area contributed by atoms with E-state index in [1.54, 1.807) is 11.3 Å². The van der Waals surface area contributed by atoms with Crippen LogP contribution in [0.2, 0.25) is 0 Å². The first kappa shape index (κ1) is 9.43. The first-order valence-corrected chi connectivity index (χ1v) is 5.45. The van der Waals surface area contributed by atoms with Crippen molar-refractivity contribution in [1.29, 1.82) is 0 Å². The van der Waals surface area contributed by atoms with Gasteiger partial charge in [-0.05, 0) is 18.5 Å². The van der Waals surface area contributed by atoms with Crippen LogP contribution in [0.25, 0.3) is 0 Å². The molecular formula is C10H13N3S. The molecule has 0 saturated carbocycles. The zero-order valence-corrected chi connectivity index (χ0v) is 8.92. The highest BCUT2D eigenvalue weighted by Gasteiger charge is 2.02. The molecular weight excluding hydrogens is 194 g/mol. The molecule has 3 nitrogen and oxygen atoms in total. The average Bonchev–Trinajstić information content (AvgIpc) is 2.80. The minimum absolute atomic E-state index is 0.818. The van der Waals surface area contributed by atoms with Crippen molar-refractivity contribution in [3.05, 3.63) is 40.6 Å². The highest BCUT2D eigenvalue weighted by atomic mass is 32.1. The third-order valence-electron chi connectivity index (χ3n) is 2.04. The lowest BCUT2D eigenvalue weighted by atomic mass is 10.4. The largest absolute Gasteiger partial charge is 0.329 e. The van der Waals surface area contributed by atoms with Crippen LogP contribution in [0.1, 0.15) is 10.7 Å². The van der Waals surface area contributed by atoms with Gasteiger partial charge in [0.05, 0.1) is 13.1 Å². The molecule has 0 fully saturated rings. The van der Waals surface area contributed by atoms with Gasteiger partial charge >= 0.3 is 0 Å². The van der Waals surface area contributed by atoms with Crippen molar-refractivity contribution < 1.29 is 0 Å². The third kappa shape index (κ3) is 2.02. The minimum Gasteiger partial charge on any atom is -0.329 e. The normalized spacial score (nSPS) is 10.6. The van der Waals surface area contributed by atoms with Gasteiger partial charge in [-0.1, -0.05) is 6.07 Å². The number of rotatable bonds is 4. The molecule has 2 heterocycles. The van der Waals surface area contributed by atoms with E-state index in [4.69, 9.17) is 0 Å². The standard InChI is InChI=1S/C10H13N3S/c1-11-7-10-12-4-5-13(10)8-9-3-2-6-14-9/h2-6,11H,7-8H2,1H3. The van der Waals surface area contributed by atoms with E-state index in [2.05, 4.69) is 32.4 Å². The van der Waals surface area contributed by atoms with Gasteiger partial charge in [0.2, 0.25) is 0 Å². The molecule has 74 valence electrons. The Morgan fingerprint density at radius 3 is 3.21 bits per heavy atom. The summed E-state index contributed by atoms with van der Waals surface area (Å²) < 4.78 is 2.17. The van der Waals surface area contributed by atoms with Crippen LogP contribution in [0.4, 0.5) is 0 Å². The Hall–Kier alpha value is -1.13. The maximum Gasteiger partial charge on any atom is 0.122 e. The zero-order chi connectivity index (χ0) is 9.80. The first-order valence-electron chi connectivity index (χ1n) is 4.57. The van der Waals surface area contributed by atoms with Gasteiger partial charge in [-0.3, -0.25) is 0 Å². The van der Waals surface area contributed by atoms with Crippen LogP contribution in [-0.2, 0) is 13.1 Å². The Morgan fingerprint density at radius 1 is 1.57 bits per heavy atom. The molecule has 0 aliphatic heterocycles. The van der Waals surface area contributed by atoms with Crippen LogP contribution in [-0.4, -0.2) is 16.6 Å². The van der Waals surface area contributed by atoms with E-state index in [1.165, 1.54) is 4.88 Å². The fourth-order valence-corrected chi connectivity index (χ4v) is 2.08. The van der Waals surface area contributed by atoms with Crippen LogP contribution < -0.4 is 5.32 Å². The highest BCUT2D eigenvalue weighted by molar-refractivity contribution is 7.09. The Labute approximate surface area is 87.4 Å². The molecule has 0 aromatic carbocycles. The molecule has 0 saturated heterocycles. The average molecular weight is 207 g/mol. The van der Waals surface area contributed by atoms with Crippen molar-refractivity contribution in [3.8, 4) is 0 Å². The van der Waals surface area contributed by atoms with E-state index in [-0.39, 0.29) is 0 Å². The van der Waals surface area contributed by atoms with Gasteiger partial charge in [0, 0.05) is 17.3 Å². The second-order valence-electron chi connectivity index (χ2n) is 3.08. The lowest BCUT2D eigenvalue weighted by Crippen LogP contribution is -2.12. The highest BCUT2D eigenvalue weighted by Crippen LogP contribution is 2.11. The van der Waals surface area contributed by atoms with E-state index in [1.807, 2.05) is 19.4 Å². The molecule has 0 aliphatic rings. The number of thiophene rings is 1. The Bertz CT molecular complexity index is 378. The van der Waals surface area contributed by atoms with E-state index in [0.717, 1.165) is 18.9 Å². The van der Waals surface area contributed by atoms with Gasteiger partial charge in [-0.25, -0.2) is 4.98 Å². The first-order chi connectivity index (χ1) is 6.90. The summed E-state index contributed by atoms with van der Waals surface area (Å²) in [4.78, 5) is 5.65.